The lowest BCUT2D eigenvalue weighted by atomic mass is 9.83. The Morgan fingerprint density at radius 3 is 2.50 bits per heavy atom. The molecule has 4 nitrogen and oxygen atoms in total. The summed E-state index contributed by atoms with van der Waals surface area (Å²) >= 11 is 6.27. The molecular weight excluding hydrogens is 250 g/mol. The van der Waals surface area contributed by atoms with E-state index in [1.807, 2.05) is 11.7 Å². The van der Waals surface area contributed by atoms with Crippen molar-refractivity contribution >= 4 is 11.6 Å². The Labute approximate surface area is 115 Å². The number of aryl methyl sites for hydroxylation is 1. The number of nitrogens with zero attached hydrogens (tertiary/aromatic N) is 2. The van der Waals surface area contributed by atoms with Gasteiger partial charge in [-0.15, -0.1) is 0 Å². The molecule has 1 N–H and O–H groups in total. The van der Waals surface area contributed by atoms with Crippen LogP contribution in [-0.2, 0) is 11.3 Å². The molecule has 1 aromatic rings. The third-order valence-corrected chi connectivity index (χ3v) is 3.44. The Bertz CT molecular complexity index is 384. The number of nitrogens with one attached hydrogen (secondary N) is 1. The largest absolute Gasteiger partial charge is 0.379 e. The smallest absolute Gasteiger partial charge is 0.0835 e. The van der Waals surface area contributed by atoms with Gasteiger partial charge in [-0.25, -0.2) is 0 Å². The zero-order valence-corrected chi connectivity index (χ0v) is 12.9. The minimum atomic E-state index is 0.00853. The highest BCUT2D eigenvalue weighted by Crippen LogP contribution is 2.35. The van der Waals surface area contributed by atoms with E-state index in [0.29, 0.717) is 5.02 Å². The maximum absolute atomic E-state index is 6.27. The molecule has 104 valence electrons. The minimum absolute atomic E-state index is 0.00853. The van der Waals surface area contributed by atoms with Crippen LogP contribution >= 0.6 is 11.6 Å². The van der Waals surface area contributed by atoms with Gasteiger partial charge in [0.25, 0.3) is 0 Å². The summed E-state index contributed by atoms with van der Waals surface area (Å²) in [4.78, 5) is 0. The van der Waals surface area contributed by atoms with Crippen molar-refractivity contribution in [3.63, 3.8) is 0 Å². The first-order chi connectivity index (χ1) is 8.36. The molecule has 0 aromatic carbocycles. The van der Waals surface area contributed by atoms with E-state index in [4.69, 9.17) is 16.3 Å². The molecule has 0 amide bonds. The molecule has 5 heteroatoms. The van der Waals surface area contributed by atoms with Crippen LogP contribution in [0, 0.1) is 5.41 Å². The first kappa shape index (κ1) is 15.5. The number of methoxy groups -OCH3 is 1. The van der Waals surface area contributed by atoms with Crippen LogP contribution in [0.15, 0.2) is 6.20 Å². The number of hydrogen-bond donors (Lipinski definition) is 1. The summed E-state index contributed by atoms with van der Waals surface area (Å²) in [5, 5.41) is 8.28. The van der Waals surface area contributed by atoms with Crippen molar-refractivity contribution < 1.29 is 4.74 Å². The SMILES string of the molecule is CCn1ncc(Cl)c1C(NC)C(OC)C(C)(C)C. The first-order valence-corrected chi connectivity index (χ1v) is 6.65. The van der Waals surface area contributed by atoms with Gasteiger partial charge >= 0.3 is 0 Å². The lowest BCUT2D eigenvalue weighted by Gasteiger charge is -2.36. The normalized spacial score (nSPS) is 15.7. The Kier molecular flexibility index (Phi) is 5.20. The quantitative estimate of drug-likeness (QED) is 0.897. The summed E-state index contributed by atoms with van der Waals surface area (Å²) in [7, 11) is 3.66. The monoisotopic (exact) mass is 273 g/mol. The van der Waals surface area contributed by atoms with Gasteiger partial charge in [-0.3, -0.25) is 4.68 Å². The number of halogens is 1. The highest BCUT2D eigenvalue weighted by molar-refractivity contribution is 6.31. The molecule has 0 fully saturated rings. The van der Waals surface area contributed by atoms with Crippen molar-refractivity contribution in [3.8, 4) is 0 Å². The molecule has 0 aliphatic carbocycles. The summed E-state index contributed by atoms with van der Waals surface area (Å²) in [5.74, 6) is 0. The predicted octanol–water partition coefficient (Wildman–Crippen LogP) is 2.88. The maximum Gasteiger partial charge on any atom is 0.0835 e. The Morgan fingerprint density at radius 2 is 2.11 bits per heavy atom. The second-order valence-electron chi connectivity index (χ2n) is 5.48. The van der Waals surface area contributed by atoms with Gasteiger partial charge in [0.1, 0.15) is 0 Å². The summed E-state index contributed by atoms with van der Waals surface area (Å²) in [6.07, 6.45) is 1.71. The minimum Gasteiger partial charge on any atom is -0.379 e. The molecule has 0 saturated carbocycles. The van der Waals surface area contributed by atoms with Gasteiger partial charge in [0, 0.05) is 13.7 Å². The summed E-state index contributed by atoms with van der Waals surface area (Å²) < 4.78 is 7.60. The zero-order valence-electron chi connectivity index (χ0n) is 12.1. The Balaban J connectivity index is 3.19. The van der Waals surface area contributed by atoms with E-state index in [9.17, 15) is 0 Å². The van der Waals surface area contributed by atoms with E-state index in [-0.39, 0.29) is 17.6 Å². The molecule has 18 heavy (non-hydrogen) atoms. The van der Waals surface area contributed by atoms with Crippen molar-refractivity contribution in [3.05, 3.63) is 16.9 Å². The van der Waals surface area contributed by atoms with E-state index >= 15 is 0 Å². The second-order valence-corrected chi connectivity index (χ2v) is 5.89. The third kappa shape index (κ3) is 3.05. The maximum atomic E-state index is 6.27. The van der Waals surface area contributed by atoms with Crippen molar-refractivity contribution in [1.82, 2.24) is 15.1 Å². The van der Waals surface area contributed by atoms with Crippen LogP contribution in [0.5, 0.6) is 0 Å². The van der Waals surface area contributed by atoms with E-state index in [0.717, 1.165) is 12.2 Å². The number of ether oxygens (including phenoxy) is 1. The third-order valence-electron chi connectivity index (χ3n) is 3.15. The number of aromatic nitrogens is 2. The van der Waals surface area contributed by atoms with Gasteiger partial charge in [-0.05, 0) is 19.4 Å². The van der Waals surface area contributed by atoms with Crippen molar-refractivity contribution in [2.45, 2.75) is 46.4 Å². The average Bonchev–Trinajstić information content (AvgIpc) is 2.65. The molecule has 1 rings (SSSR count). The van der Waals surface area contributed by atoms with Gasteiger partial charge < -0.3 is 10.1 Å². The summed E-state index contributed by atoms with van der Waals surface area (Å²) in [5.41, 5.74) is 0.998. The fourth-order valence-corrected chi connectivity index (χ4v) is 2.61. The number of hydrogen-bond acceptors (Lipinski definition) is 3. The van der Waals surface area contributed by atoms with Gasteiger partial charge in [0.05, 0.1) is 29.1 Å². The number of rotatable bonds is 5. The van der Waals surface area contributed by atoms with Crippen LogP contribution in [0.25, 0.3) is 0 Å². The van der Waals surface area contributed by atoms with Gasteiger partial charge in [0.15, 0.2) is 0 Å². The lowest BCUT2D eigenvalue weighted by Crippen LogP contribution is -2.41. The molecule has 2 unspecified atom stereocenters. The molecule has 0 bridgehead atoms. The first-order valence-electron chi connectivity index (χ1n) is 6.28. The molecular formula is C13H24ClN3O. The predicted molar refractivity (Wildman–Crippen MR) is 75.0 cm³/mol. The molecule has 0 aliphatic heterocycles. The van der Waals surface area contributed by atoms with Crippen molar-refractivity contribution in [2.24, 2.45) is 5.41 Å². The standard InChI is InChI=1S/C13H24ClN3O/c1-7-17-11(9(14)8-16-17)10(15-5)12(18-6)13(2,3)4/h8,10,12,15H,7H2,1-6H3. The Morgan fingerprint density at radius 1 is 1.50 bits per heavy atom. The molecule has 0 aliphatic rings. The second kappa shape index (κ2) is 6.04. The lowest BCUT2D eigenvalue weighted by molar-refractivity contribution is -0.0121. The van der Waals surface area contributed by atoms with Gasteiger partial charge in [-0.2, -0.15) is 5.10 Å². The van der Waals surface area contributed by atoms with E-state index < -0.39 is 0 Å². The van der Waals surface area contributed by atoms with E-state index in [1.165, 1.54) is 0 Å². The molecule has 1 aromatic heterocycles. The fraction of sp³-hybridized carbons (Fsp3) is 0.769. The summed E-state index contributed by atoms with van der Waals surface area (Å²) in [6, 6.07) is 0.0185. The average molecular weight is 274 g/mol. The summed E-state index contributed by atoms with van der Waals surface area (Å²) in [6.45, 7) is 9.32. The van der Waals surface area contributed by atoms with E-state index in [2.05, 4.69) is 38.1 Å². The van der Waals surface area contributed by atoms with Crippen LogP contribution in [0.2, 0.25) is 5.02 Å². The van der Waals surface area contributed by atoms with Crippen LogP contribution in [-0.4, -0.2) is 30.0 Å². The van der Waals surface area contributed by atoms with Crippen LogP contribution in [0.1, 0.15) is 39.4 Å². The highest BCUT2D eigenvalue weighted by Gasteiger charge is 2.35. The van der Waals surface area contributed by atoms with E-state index in [1.54, 1.807) is 13.3 Å². The van der Waals surface area contributed by atoms with Crippen LogP contribution in [0.3, 0.4) is 0 Å². The Hall–Kier alpha value is -0.580. The fourth-order valence-electron chi connectivity index (χ4n) is 2.35. The molecule has 0 radical (unpaired) electrons. The van der Waals surface area contributed by atoms with Gasteiger partial charge in [0.2, 0.25) is 0 Å². The van der Waals surface area contributed by atoms with Crippen molar-refractivity contribution in [1.29, 1.82) is 0 Å². The van der Waals surface area contributed by atoms with Crippen LogP contribution < -0.4 is 5.32 Å². The number of likely N-dealkylation sites (N-methyl/N-ethyl adjacent to an activating group) is 1. The zero-order chi connectivity index (χ0) is 13.9. The van der Waals surface area contributed by atoms with Gasteiger partial charge in [-0.1, -0.05) is 32.4 Å². The molecule has 0 spiro atoms. The molecule has 1 heterocycles. The van der Waals surface area contributed by atoms with Crippen LogP contribution in [0.4, 0.5) is 0 Å². The van der Waals surface area contributed by atoms with Crippen molar-refractivity contribution in [2.75, 3.05) is 14.2 Å². The molecule has 2 atom stereocenters. The highest BCUT2D eigenvalue weighted by atomic mass is 35.5. The topological polar surface area (TPSA) is 39.1 Å². The molecule has 0 saturated heterocycles.